The second kappa shape index (κ2) is 5.31. The zero-order chi connectivity index (χ0) is 14.7. The highest BCUT2D eigenvalue weighted by atomic mass is 16.6. The second-order valence-corrected chi connectivity index (χ2v) is 3.79. The van der Waals surface area contributed by atoms with Gasteiger partial charge < -0.3 is 9.84 Å². The Kier molecular flexibility index (Phi) is 3.56. The number of nitro groups is 1. The van der Waals surface area contributed by atoms with Crippen molar-refractivity contribution in [2.75, 3.05) is 0 Å². The molecule has 2 aromatic rings. The van der Waals surface area contributed by atoms with E-state index in [4.69, 9.17) is 9.84 Å². The lowest BCUT2D eigenvalue weighted by Gasteiger charge is -2.06. The van der Waals surface area contributed by atoms with E-state index in [1.165, 1.54) is 12.3 Å². The van der Waals surface area contributed by atoms with E-state index in [0.29, 0.717) is 5.82 Å². The van der Waals surface area contributed by atoms with Crippen molar-refractivity contribution >= 4 is 11.7 Å². The van der Waals surface area contributed by atoms with Crippen LogP contribution in [0.1, 0.15) is 16.2 Å². The minimum atomic E-state index is -1.20. The Balaban J connectivity index is 2.44. The van der Waals surface area contributed by atoms with Gasteiger partial charge in [-0.05, 0) is 13.0 Å². The van der Waals surface area contributed by atoms with Crippen molar-refractivity contribution in [2.45, 2.75) is 6.92 Å². The van der Waals surface area contributed by atoms with Gasteiger partial charge in [-0.2, -0.15) is 4.98 Å². The highest BCUT2D eigenvalue weighted by molar-refractivity contribution is 5.88. The first-order valence-electron chi connectivity index (χ1n) is 5.46. The first-order chi connectivity index (χ1) is 9.47. The molecule has 0 unspecified atom stereocenters. The number of benzene rings is 1. The molecule has 1 aromatic carbocycles. The van der Waals surface area contributed by atoms with Gasteiger partial charge >= 0.3 is 11.7 Å². The molecule has 102 valence electrons. The quantitative estimate of drug-likeness (QED) is 0.671. The van der Waals surface area contributed by atoms with Crippen molar-refractivity contribution in [1.82, 2.24) is 9.97 Å². The largest absolute Gasteiger partial charge is 0.478 e. The fourth-order valence-electron chi connectivity index (χ4n) is 1.48. The van der Waals surface area contributed by atoms with Crippen LogP contribution in [0.25, 0.3) is 0 Å². The van der Waals surface area contributed by atoms with Crippen LogP contribution in [0.15, 0.2) is 30.5 Å². The average Bonchev–Trinajstić information content (AvgIpc) is 2.38. The first kappa shape index (κ1) is 13.4. The van der Waals surface area contributed by atoms with Crippen LogP contribution in [0.3, 0.4) is 0 Å². The Hall–Kier alpha value is -3.03. The fraction of sp³-hybridized carbons (Fsp3) is 0.0833. The summed E-state index contributed by atoms with van der Waals surface area (Å²) in [6, 6.07) is 4.72. The van der Waals surface area contributed by atoms with E-state index in [-0.39, 0.29) is 22.9 Å². The van der Waals surface area contributed by atoms with Crippen LogP contribution in [-0.2, 0) is 0 Å². The molecule has 2 rings (SSSR count). The molecule has 0 aliphatic carbocycles. The van der Waals surface area contributed by atoms with Crippen molar-refractivity contribution in [3.8, 4) is 11.6 Å². The maximum absolute atomic E-state index is 10.9. The summed E-state index contributed by atoms with van der Waals surface area (Å²) in [6.07, 6.45) is 1.44. The minimum absolute atomic E-state index is 0.100. The van der Waals surface area contributed by atoms with E-state index < -0.39 is 10.9 Å². The average molecular weight is 275 g/mol. The Morgan fingerprint density at radius 2 is 2.15 bits per heavy atom. The summed E-state index contributed by atoms with van der Waals surface area (Å²) in [5.74, 6) is -0.862. The molecule has 0 fully saturated rings. The number of aromatic carboxylic acids is 1. The van der Waals surface area contributed by atoms with Crippen molar-refractivity contribution in [3.63, 3.8) is 0 Å². The predicted octanol–water partition coefficient (Wildman–Crippen LogP) is 2.18. The van der Waals surface area contributed by atoms with Crippen LogP contribution < -0.4 is 4.74 Å². The number of aryl methyl sites for hydroxylation is 1. The van der Waals surface area contributed by atoms with E-state index in [1.807, 2.05) is 0 Å². The molecule has 20 heavy (non-hydrogen) atoms. The maximum Gasteiger partial charge on any atom is 0.335 e. The highest BCUT2D eigenvalue weighted by Crippen LogP contribution is 2.31. The molecule has 0 amide bonds. The molecule has 0 aliphatic heterocycles. The molecule has 8 nitrogen and oxygen atoms in total. The highest BCUT2D eigenvalue weighted by Gasteiger charge is 2.19. The van der Waals surface area contributed by atoms with Crippen molar-refractivity contribution < 1.29 is 19.6 Å². The monoisotopic (exact) mass is 275 g/mol. The molecule has 1 heterocycles. The summed E-state index contributed by atoms with van der Waals surface area (Å²) >= 11 is 0. The van der Waals surface area contributed by atoms with Gasteiger partial charge in [-0.3, -0.25) is 10.1 Å². The van der Waals surface area contributed by atoms with Crippen LogP contribution in [0, 0.1) is 17.0 Å². The van der Waals surface area contributed by atoms with E-state index in [0.717, 1.165) is 18.2 Å². The van der Waals surface area contributed by atoms with E-state index in [1.54, 1.807) is 6.92 Å². The standard InChI is InChI=1S/C12H9N3O5/c1-7-13-5-4-11(14-7)20-10-6-8(12(16)17)2-3-9(10)15(18)19/h2-6H,1H3,(H,16,17). The lowest BCUT2D eigenvalue weighted by atomic mass is 10.2. The van der Waals surface area contributed by atoms with Gasteiger partial charge in [-0.25, -0.2) is 9.78 Å². The summed E-state index contributed by atoms with van der Waals surface area (Å²) in [7, 11) is 0. The summed E-state index contributed by atoms with van der Waals surface area (Å²) in [6.45, 7) is 1.63. The van der Waals surface area contributed by atoms with E-state index in [2.05, 4.69) is 9.97 Å². The lowest BCUT2D eigenvalue weighted by Crippen LogP contribution is -2.00. The van der Waals surface area contributed by atoms with Gasteiger partial charge in [0.2, 0.25) is 11.6 Å². The van der Waals surface area contributed by atoms with Gasteiger partial charge in [0.15, 0.2) is 0 Å². The number of carboxylic acid groups (broad SMARTS) is 1. The third kappa shape index (κ3) is 2.86. The zero-order valence-corrected chi connectivity index (χ0v) is 10.3. The molecule has 1 aromatic heterocycles. The van der Waals surface area contributed by atoms with Gasteiger partial charge in [-0.1, -0.05) is 0 Å². The Labute approximate surface area is 112 Å². The normalized spacial score (nSPS) is 10.1. The molecule has 0 bridgehead atoms. The van der Waals surface area contributed by atoms with Crippen LogP contribution in [0.5, 0.6) is 11.6 Å². The van der Waals surface area contributed by atoms with Gasteiger partial charge in [-0.15, -0.1) is 0 Å². The second-order valence-electron chi connectivity index (χ2n) is 3.79. The van der Waals surface area contributed by atoms with Crippen molar-refractivity contribution in [1.29, 1.82) is 0 Å². The van der Waals surface area contributed by atoms with Gasteiger partial charge in [0.1, 0.15) is 5.82 Å². The summed E-state index contributed by atoms with van der Waals surface area (Å²) in [5, 5.41) is 19.8. The smallest absolute Gasteiger partial charge is 0.335 e. The number of nitrogens with zero attached hydrogens (tertiary/aromatic N) is 3. The summed E-state index contributed by atoms with van der Waals surface area (Å²) in [4.78, 5) is 28.9. The molecule has 8 heteroatoms. The molecule has 0 spiro atoms. The number of ether oxygens (including phenoxy) is 1. The summed E-state index contributed by atoms with van der Waals surface area (Å²) in [5.41, 5.74) is -0.456. The molecule has 0 radical (unpaired) electrons. The molecule has 1 N–H and O–H groups in total. The minimum Gasteiger partial charge on any atom is -0.478 e. The number of hydrogen-bond donors (Lipinski definition) is 1. The van der Waals surface area contributed by atoms with Gasteiger partial charge in [0.05, 0.1) is 10.5 Å². The number of carboxylic acids is 1. The van der Waals surface area contributed by atoms with Gasteiger partial charge in [0.25, 0.3) is 0 Å². The summed E-state index contributed by atoms with van der Waals surface area (Å²) < 4.78 is 5.29. The number of carbonyl (C=O) groups is 1. The van der Waals surface area contributed by atoms with Crippen LogP contribution in [-0.4, -0.2) is 26.0 Å². The first-order valence-corrected chi connectivity index (χ1v) is 5.46. The van der Waals surface area contributed by atoms with E-state index >= 15 is 0 Å². The molecule has 0 atom stereocenters. The predicted molar refractivity (Wildman–Crippen MR) is 66.9 cm³/mol. The molecular formula is C12H9N3O5. The third-order valence-corrected chi connectivity index (χ3v) is 2.37. The lowest BCUT2D eigenvalue weighted by molar-refractivity contribution is -0.385. The number of hydrogen-bond acceptors (Lipinski definition) is 6. The molecule has 0 saturated carbocycles. The topological polar surface area (TPSA) is 115 Å². The molecule has 0 saturated heterocycles. The molecular weight excluding hydrogens is 266 g/mol. The zero-order valence-electron chi connectivity index (χ0n) is 10.3. The van der Waals surface area contributed by atoms with E-state index in [9.17, 15) is 14.9 Å². The number of aromatic nitrogens is 2. The van der Waals surface area contributed by atoms with Crippen molar-refractivity contribution in [3.05, 3.63) is 52.0 Å². The van der Waals surface area contributed by atoms with Crippen molar-refractivity contribution in [2.24, 2.45) is 0 Å². The van der Waals surface area contributed by atoms with Gasteiger partial charge in [0, 0.05) is 24.4 Å². The SMILES string of the molecule is Cc1nccc(Oc2cc(C(=O)O)ccc2[N+](=O)[O-])n1. The number of rotatable bonds is 4. The van der Waals surface area contributed by atoms with Crippen LogP contribution in [0.4, 0.5) is 5.69 Å². The van der Waals surface area contributed by atoms with Crippen LogP contribution >= 0.6 is 0 Å². The Bertz CT molecular complexity index is 687. The fourth-order valence-corrected chi connectivity index (χ4v) is 1.48. The molecule has 0 aliphatic rings. The Morgan fingerprint density at radius 3 is 2.75 bits per heavy atom. The third-order valence-electron chi connectivity index (χ3n) is 2.37. The maximum atomic E-state index is 10.9. The number of nitro benzene ring substituents is 1. The van der Waals surface area contributed by atoms with Crippen LogP contribution in [0.2, 0.25) is 0 Å². The Morgan fingerprint density at radius 1 is 1.40 bits per heavy atom.